The summed E-state index contributed by atoms with van der Waals surface area (Å²) in [6.07, 6.45) is 2.49. The average molecular weight is 290 g/mol. The van der Waals surface area contributed by atoms with E-state index in [1.165, 1.54) is 18.4 Å². The van der Waals surface area contributed by atoms with E-state index in [1.54, 1.807) is 7.05 Å². The van der Waals surface area contributed by atoms with Crippen molar-refractivity contribution in [1.82, 2.24) is 15.5 Å². The summed E-state index contributed by atoms with van der Waals surface area (Å²) in [5, 5.41) is 6.71. The van der Waals surface area contributed by atoms with E-state index in [9.17, 15) is 0 Å². The Morgan fingerprint density at radius 2 is 2.19 bits per heavy atom. The highest BCUT2D eigenvalue weighted by atomic mass is 16.5. The molecule has 0 aromatic heterocycles. The number of benzene rings is 1. The first-order valence-corrected chi connectivity index (χ1v) is 7.51. The Balaban J connectivity index is 1.79. The molecule has 0 bridgehead atoms. The van der Waals surface area contributed by atoms with Gasteiger partial charge in [-0.25, -0.2) is 0 Å². The maximum Gasteiger partial charge on any atom is 0.191 e. The Hall–Kier alpha value is -1.75. The average Bonchev–Trinajstić information content (AvgIpc) is 3.27. The molecule has 116 valence electrons. The highest BCUT2D eigenvalue weighted by molar-refractivity contribution is 5.80. The minimum absolute atomic E-state index is 0.608. The van der Waals surface area contributed by atoms with Gasteiger partial charge >= 0.3 is 0 Å². The Bertz CT molecular complexity index is 469. The van der Waals surface area contributed by atoms with Gasteiger partial charge in [-0.3, -0.25) is 4.99 Å². The summed E-state index contributed by atoms with van der Waals surface area (Å²) in [4.78, 5) is 6.34. The molecule has 2 N–H and O–H groups in total. The van der Waals surface area contributed by atoms with Gasteiger partial charge in [-0.1, -0.05) is 12.1 Å². The van der Waals surface area contributed by atoms with E-state index < -0.39 is 0 Å². The highest BCUT2D eigenvalue weighted by Crippen LogP contribution is 2.18. The highest BCUT2D eigenvalue weighted by Gasteiger charge is 2.21. The first-order chi connectivity index (χ1) is 10.2. The Kier molecular flexibility index (Phi) is 5.87. The number of hydrogen-bond acceptors (Lipinski definition) is 3. The SMILES string of the molecule is CN=C(NCc1cccc(OCCN(C)C)c1)NC1CC1. The summed E-state index contributed by atoms with van der Waals surface area (Å²) in [6, 6.07) is 8.80. The Morgan fingerprint density at radius 1 is 1.38 bits per heavy atom. The van der Waals surface area contributed by atoms with Crippen LogP contribution in [0.2, 0.25) is 0 Å². The molecule has 1 saturated carbocycles. The summed E-state index contributed by atoms with van der Waals surface area (Å²) in [7, 11) is 5.89. The molecule has 0 unspecified atom stereocenters. The maximum absolute atomic E-state index is 5.75. The molecule has 1 aromatic rings. The molecule has 0 spiro atoms. The number of nitrogens with zero attached hydrogens (tertiary/aromatic N) is 2. The molecule has 1 aliphatic rings. The van der Waals surface area contributed by atoms with Crippen molar-refractivity contribution in [2.45, 2.75) is 25.4 Å². The monoisotopic (exact) mass is 290 g/mol. The molecular formula is C16H26N4O. The van der Waals surface area contributed by atoms with Crippen molar-refractivity contribution in [1.29, 1.82) is 0 Å². The number of aliphatic imine (C=N–C) groups is 1. The van der Waals surface area contributed by atoms with Crippen molar-refractivity contribution in [2.24, 2.45) is 4.99 Å². The molecule has 0 saturated heterocycles. The topological polar surface area (TPSA) is 48.9 Å². The smallest absolute Gasteiger partial charge is 0.191 e. The van der Waals surface area contributed by atoms with Crippen molar-refractivity contribution < 1.29 is 4.74 Å². The molecule has 1 aromatic carbocycles. The van der Waals surface area contributed by atoms with E-state index in [2.05, 4.69) is 32.7 Å². The van der Waals surface area contributed by atoms with Crippen LogP contribution in [0.3, 0.4) is 0 Å². The van der Waals surface area contributed by atoms with Gasteiger partial charge < -0.3 is 20.3 Å². The van der Waals surface area contributed by atoms with E-state index in [-0.39, 0.29) is 0 Å². The van der Waals surface area contributed by atoms with Gasteiger partial charge in [-0.15, -0.1) is 0 Å². The molecule has 2 rings (SSSR count). The number of nitrogens with one attached hydrogen (secondary N) is 2. The molecule has 0 radical (unpaired) electrons. The third kappa shape index (κ3) is 6.04. The zero-order chi connectivity index (χ0) is 15.1. The first-order valence-electron chi connectivity index (χ1n) is 7.51. The number of likely N-dealkylation sites (N-methyl/N-ethyl adjacent to an activating group) is 1. The van der Waals surface area contributed by atoms with Crippen molar-refractivity contribution in [3.05, 3.63) is 29.8 Å². The van der Waals surface area contributed by atoms with Crippen LogP contribution in [0.4, 0.5) is 0 Å². The molecule has 0 atom stereocenters. The molecular weight excluding hydrogens is 264 g/mol. The largest absolute Gasteiger partial charge is 0.492 e. The van der Waals surface area contributed by atoms with Gasteiger partial charge in [0.15, 0.2) is 5.96 Å². The van der Waals surface area contributed by atoms with Crippen LogP contribution in [-0.4, -0.2) is 51.2 Å². The number of guanidine groups is 1. The molecule has 5 nitrogen and oxygen atoms in total. The van der Waals surface area contributed by atoms with Gasteiger partial charge in [0, 0.05) is 26.2 Å². The van der Waals surface area contributed by atoms with Crippen LogP contribution in [0.5, 0.6) is 5.75 Å². The minimum Gasteiger partial charge on any atom is -0.492 e. The normalized spacial score (nSPS) is 15.1. The molecule has 0 amide bonds. The quantitative estimate of drug-likeness (QED) is 0.589. The van der Waals surface area contributed by atoms with Crippen LogP contribution >= 0.6 is 0 Å². The Morgan fingerprint density at radius 3 is 2.86 bits per heavy atom. The third-order valence-corrected chi connectivity index (χ3v) is 3.31. The summed E-state index contributed by atoms with van der Waals surface area (Å²) >= 11 is 0. The second-order valence-corrected chi connectivity index (χ2v) is 5.64. The van der Waals surface area contributed by atoms with E-state index in [0.717, 1.165) is 24.8 Å². The summed E-state index contributed by atoms with van der Waals surface area (Å²) in [5.41, 5.74) is 1.19. The van der Waals surface area contributed by atoms with Gasteiger partial charge in [0.25, 0.3) is 0 Å². The first kappa shape index (κ1) is 15.6. The van der Waals surface area contributed by atoms with E-state index in [0.29, 0.717) is 12.6 Å². The van der Waals surface area contributed by atoms with Crippen molar-refractivity contribution in [3.63, 3.8) is 0 Å². The van der Waals surface area contributed by atoms with Crippen LogP contribution in [-0.2, 0) is 6.54 Å². The van der Waals surface area contributed by atoms with Crippen molar-refractivity contribution in [2.75, 3.05) is 34.3 Å². The minimum atomic E-state index is 0.608. The maximum atomic E-state index is 5.75. The molecule has 1 aliphatic carbocycles. The summed E-state index contributed by atoms with van der Waals surface area (Å²) in [6.45, 7) is 2.37. The van der Waals surface area contributed by atoms with Crippen LogP contribution in [0, 0.1) is 0 Å². The lowest BCUT2D eigenvalue weighted by molar-refractivity contribution is 0.261. The predicted molar refractivity (Wildman–Crippen MR) is 86.8 cm³/mol. The zero-order valence-electron chi connectivity index (χ0n) is 13.2. The zero-order valence-corrected chi connectivity index (χ0v) is 13.2. The molecule has 1 fully saturated rings. The second kappa shape index (κ2) is 7.88. The third-order valence-electron chi connectivity index (χ3n) is 3.31. The van der Waals surface area contributed by atoms with Crippen LogP contribution < -0.4 is 15.4 Å². The molecule has 0 heterocycles. The van der Waals surface area contributed by atoms with Crippen molar-refractivity contribution in [3.8, 4) is 5.75 Å². The fourth-order valence-corrected chi connectivity index (χ4v) is 1.89. The lowest BCUT2D eigenvalue weighted by Gasteiger charge is -2.13. The lowest BCUT2D eigenvalue weighted by Crippen LogP contribution is -2.38. The molecule has 0 aliphatic heterocycles. The van der Waals surface area contributed by atoms with Gasteiger partial charge in [0.1, 0.15) is 12.4 Å². The predicted octanol–water partition coefficient (Wildman–Crippen LogP) is 1.45. The van der Waals surface area contributed by atoms with Crippen LogP contribution in [0.25, 0.3) is 0 Å². The number of hydrogen-bond donors (Lipinski definition) is 2. The van der Waals surface area contributed by atoms with Gasteiger partial charge in [0.2, 0.25) is 0 Å². The standard InChI is InChI=1S/C16H26N4O/c1-17-16(19-14-7-8-14)18-12-13-5-4-6-15(11-13)21-10-9-20(2)3/h4-6,11,14H,7-10,12H2,1-3H3,(H2,17,18,19). The van der Waals surface area contributed by atoms with E-state index in [4.69, 9.17) is 4.74 Å². The summed E-state index contributed by atoms with van der Waals surface area (Å²) < 4.78 is 5.75. The Labute approximate surface area is 127 Å². The van der Waals surface area contributed by atoms with Crippen molar-refractivity contribution >= 4 is 5.96 Å². The van der Waals surface area contributed by atoms with Gasteiger partial charge in [-0.2, -0.15) is 0 Å². The number of ether oxygens (including phenoxy) is 1. The lowest BCUT2D eigenvalue weighted by atomic mass is 10.2. The second-order valence-electron chi connectivity index (χ2n) is 5.64. The van der Waals surface area contributed by atoms with Crippen LogP contribution in [0.15, 0.2) is 29.3 Å². The molecule has 21 heavy (non-hydrogen) atoms. The van der Waals surface area contributed by atoms with E-state index in [1.807, 2.05) is 26.2 Å². The molecule has 5 heteroatoms. The summed E-state index contributed by atoms with van der Waals surface area (Å²) in [5.74, 6) is 1.79. The van der Waals surface area contributed by atoms with Gasteiger partial charge in [-0.05, 0) is 44.6 Å². The number of rotatable bonds is 7. The van der Waals surface area contributed by atoms with Gasteiger partial charge in [0.05, 0.1) is 0 Å². The fourth-order valence-electron chi connectivity index (χ4n) is 1.89. The van der Waals surface area contributed by atoms with Crippen LogP contribution in [0.1, 0.15) is 18.4 Å². The fraction of sp³-hybridized carbons (Fsp3) is 0.562. The van der Waals surface area contributed by atoms with E-state index >= 15 is 0 Å².